The van der Waals surface area contributed by atoms with Gasteiger partial charge in [0.15, 0.2) is 0 Å². The number of nitrogens with two attached hydrogens (primary N) is 1. The highest BCUT2D eigenvalue weighted by Gasteiger charge is 2.25. The molecule has 1 aromatic rings. The molecule has 0 amide bonds. The second kappa shape index (κ2) is 4.31. The quantitative estimate of drug-likeness (QED) is 0.826. The Hall–Kier alpha value is -0.900. The molecule has 84 valence electrons. The fourth-order valence-electron chi connectivity index (χ4n) is 2.48. The highest BCUT2D eigenvalue weighted by Crippen LogP contribution is 2.35. The summed E-state index contributed by atoms with van der Waals surface area (Å²) in [6.07, 6.45) is 5.20. The van der Waals surface area contributed by atoms with E-state index in [1.165, 1.54) is 31.4 Å². The first kappa shape index (κ1) is 10.6. The molecule has 0 saturated heterocycles. The molecular formula is C11H20N4. The fourth-order valence-corrected chi connectivity index (χ4v) is 2.48. The summed E-state index contributed by atoms with van der Waals surface area (Å²) in [5.41, 5.74) is 8.01. The molecule has 1 aliphatic carbocycles. The first-order valence-corrected chi connectivity index (χ1v) is 5.88. The number of nitrogens with zero attached hydrogens (tertiary/aromatic N) is 3. The molecule has 2 N–H and O–H groups in total. The van der Waals surface area contributed by atoms with E-state index in [9.17, 15) is 0 Å². The van der Waals surface area contributed by atoms with E-state index in [1.807, 2.05) is 0 Å². The smallest absolute Gasteiger partial charge is 0.0997 e. The highest BCUT2D eigenvalue weighted by molar-refractivity contribution is 5.17. The Morgan fingerprint density at radius 3 is 2.60 bits per heavy atom. The van der Waals surface area contributed by atoms with Gasteiger partial charge in [0.1, 0.15) is 0 Å². The van der Waals surface area contributed by atoms with Crippen LogP contribution in [0.2, 0.25) is 0 Å². The van der Waals surface area contributed by atoms with Crippen molar-refractivity contribution in [2.45, 2.75) is 58.0 Å². The van der Waals surface area contributed by atoms with Crippen LogP contribution in [-0.4, -0.2) is 15.0 Å². The Balaban J connectivity index is 2.35. The average Bonchev–Trinajstić information content (AvgIpc) is 2.85. The Morgan fingerprint density at radius 2 is 2.07 bits per heavy atom. The first-order chi connectivity index (χ1) is 7.24. The minimum Gasteiger partial charge on any atom is -0.325 e. The molecule has 4 nitrogen and oxygen atoms in total. The van der Waals surface area contributed by atoms with Crippen molar-refractivity contribution in [2.75, 3.05) is 0 Å². The summed E-state index contributed by atoms with van der Waals surface area (Å²) >= 11 is 0. The standard InChI is InChI=1S/C11H20N4/c1-8(2)15-11(9-5-3-4-6-9)10(7-12)13-14-15/h8-9H,3-7,12H2,1-2H3. The minimum atomic E-state index is 0.383. The third kappa shape index (κ3) is 1.91. The molecule has 2 rings (SSSR count). The lowest BCUT2D eigenvalue weighted by atomic mass is 10.0. The average molecular weight is 208 g/mol. The van der Waals surface area contributed by atoms with Gasteiger partial charge in [-0.15, -0.1) is 5.10 Å². The molecule has 0 spiro atoms. The van der Waals surface area contributed by atoms with Gasteiger partial charge in [-0.25, -0.2) is 4.68 Å². The van der Waals surface area contributed by atoms with Crippen LogP contribution in [-0.2, 0) is 6.54 Å². The molecule has 0 unspecified atom stereocenters. The number of hydrogen-bond donors (Lipinski definition) is 1. The van der Waals surface area contributed by atoms with E-state index < -0.39 is 0 Å². The van der Waals surface area contributed by atoms with Gasteiger partial charge in [-0.05, 0) is 26.7 Å². The maximum absolute atomic E-state index is 5.72. The molecular weight excluding hydrogens is 188 g/mol. The second-order valence-corrected chi connectivity index (χ2v) is 4.65. The summed E-state index contributed by atoms with van der Waals surface area (Å²) in [6.45, 7) is 4.80. The first-order valence-electron chi connectivity index (χ1n) is 5.88. The normalized spacial score (nSPS) is 17.9. The largest absolute Gasteiger partial charge is 0.325 e. The van der Waals surface area contributed by atoms with Crippen LogP contribution >= 0.6 is 0 Å². The summed E-state index contributed by atoms with van der Waals surface area (Å²) in [7, 11) is 0. The van der Waals surface area contributed by atoms with Gasteiger partial charge in [0.05, 0.1) is 11.4 Å². The topological polar surface area (TPSA) is 56.7 Å². The predicted molar refractivity (Wildman–Crippen MR) is 59.5 cm³/mol. The van der Waals surface area contributed by atoms with Crippen LogP contribution in [0.3, 0.4) is 0 Å². The predicted octanol–water partition coefficient (Wildman–Crippen LogP) is 1.98. The summed E-state index contributed by atoms with van der Waals surface area (Å²) < 4.78 is 2.05. The van der Waals surface area contributed by atoms with E-state index >= 15 is 0 Å². The SMILES string of the molecule is CC(C)n1nnc(CN)c1C1CCCC1. The van der Waals surface area contributed by atoms with Crippen LogP contribution in [0.25, 0.3) is 0 Å². The molecule has 15 heavy (non-hydrogen) atoms. The van der Waals surface area contributed by atoms with Gasteiger partial charge in [0.2, 0.25) is 0 Å². The van der Waals surface area contributed by atoms with Crippen molar-refractivity contribution in [3.63, 3.8) is 0 Å². The Morgan fingerprint density at radius 1 is 1.40 bits per heavy atom. The molecule has 1 aliphatic rings. The zero-order chi connectivity index (χ0) is 10.8. The Labute approximate surface area is 90.8 Å². The van der Waals surface area contributed by atoms with Crippen molar-refractivity contribution in [2.24, 2.45) is 5.73 Å². The summed E-state index contributed by atoms with van der Waals surface area (Å²) in [4.78, 5) is 0. The monoisotopic (exact) mass is 208 g/mol. The van der Waals surface area contributed by atoms with E-state index in [-0.39, 0.29) is 0 Å². The third-order valence-corrected chi connectivity index (χ3v) is 3.23. The molecule has 1 saturated carbocycles. The van der Waals surface area contributed by atoms with Crippen LogP contribution in [0.5, 0.6) is 0 Å². The van der Waals surface area contributed by atoms with Gasteiger partial charge in [-0.2, -0.15) is 0 Å². The van der Waals surface area contributed by atoms with E-state index in [4.69, 9.17) is 5.73 Å². The zero-order valence-electron chi connectivity index (χ0n) is 9.61. The van der Waals surface area contributed by atoms with Crippen LogP contribution < -0.4 is 5.73 Å². The van der Waals surface area contributed by atoms with Crippen molar-refractivity contribution in [1.29, 1.82) is 0 Å². The summed E-state index contributed by atoms with van der Waals surface area (Å²) in [5, 5.41) is 8.41. The van der Waals surface area contributed by atoms with Gasteiger partial charge in [-0.1, -0.05) is 18.1 Å². The van der Waals surface area contributed by atoms with Gasteiger partial charge >= 0.3 is 0 Å². The van der Waals surface area contributed by atoms with Crippen LogP contribution in [0.4, 0.5) is 0 Å². The Kier molecular flexibility index (Phi) is 3.05. The molecule has 0 atom stereocenters. The van der Waals surface area contributed by atoms with Crippen molar-refractivity contribution in [3.8, 4) is 0 Å². The fraction of sp³-hybridized carbons (Fsp3) is 0.818. The molecule has 1 heterocycles. The van der Waals surface area contributed by atoms with E-state index in [0.717, 1.165) is 5.69 Å². The maximum atomic E-state index is 5.72. The number of rotatable bonds is 3. The lowest BCUT2D eigenvalue weighted by Gasteiger charge is -2.15. The molecule has 0 radical (unpaired) electrons. The van der Waals surface area contributed by atoms with Gasteiger partial charge < -0.3 is 5.73 Å². The molecule has 1 fully saturated rings. The van der Waals surface area contributed by atoms with Crippen LogP contribution in [0, 0.1) is 0 Å². The lowest BCUT2D eigenvalue weighted by molar-refractivity contribution is 0.473. The van der Waals surface area contributed by atoms with E-state index in [1.54, 1.807) is 0 Å². The van der Waals surface area contributed by atoms with Gasteiger partial charge in [0, 0.05) is 18.5 Å². The molecule has 0 bridgehead atoms. The lowest BCUT2D eigenvalue weighted by Crippen LogP contribution is -2.12. The number of hydrogen-bond acceptors (Lipinski definition) is 3. The highest BCUT2D eigenvalue weighted by atomic mass is 15.4. The van der Waals surface area contributed by atoms with Crippen LogP contribution in [0.15, 0.2) is 0 Å². The van der Waals surface area contributed by atoms with Crippen molar-refractivity contribution < 1.29 is 0 Å². The third-order valence-electron chi connectivity index (χ3n) is 3.23. The minimum absolute atomic E-state index is 0.383. The molecule has 1 aromatic heterocycles. The van der Waals surface area contributed by atoms with E-state index in [0.29, 0.717) is 18.5 Å². The maximum Gasteiger partial charge on any atom is 0.0997 e. The second-order valence-electron chi connectivity index (χ2n) is 4.65. The van der Waals surface area contributed by atoms with E-state index in [2.05, 4.69) is 28.8 Å². The van der Waals surface area contributed by atoms with Crippen molar-refractivity contribution in [3.05, 3.63) is 11.4 Å². The number of aromatic nitrogens is 3. The Bertz CT molecular complexity index is 323. The van der Waals surface area contributed by atoms with Crippen molar-refractivity contribution in [1.82, 2.24) is 15.0 Å². The molecule has 0 aliphatic heterocycles. The zero-order valence-corrected chi connectivity index (χ0v) is 9.61. The summed E-state index contributed by atoms with van der Waals surface area (Å²) in [6, 6.07) is 0.383. The summed E-state index contributed by atoms with van der Waals surface area (Å²) in [5.74, 6) is 0.640. The molecule has 0 aromatic carbocycles. The van der Waals surface area contributed by atoms with Crippen LogP contribution in [0.1, 0.15) is 62.9 Å². The van der Waals surface area contributed by atoms with Crippen molar-refractivity contribution >= 4 is 0 Å². The van der Waals surface area contributed by atoms with Gasteiger partial charge in [-0.3, -0.25) is 0 Å². The van der Waals surface area contributed by atoms with Gasteiger partial charge in [0.25, 0.3) is 0 Å². The molecule has 4 heteroatoms.